The van der Waals surface area contributed by atoms with Gasteiger partial charge in [0.2, 0.25) is 17.6 Å². The molecule has 2 aliphatic carbocycles. The van der Waals surface area contributed by atoms with Crippen molar-refractivity contribution in [1.82, 2.24) is 15.0 Å². The summed E-state index contributed by atoms with van der Waals surface area (Å²) >= 11 is 0. The van der Waals surface area contributed by atoms with Crippen LogP contribution in [0.2, 0.25) is 0 Å². The topological polar surface area (TPSA) is 59.2 Å². The summed E-state index contributed by atoms with van der Waals surface area (Å²) in [5.41, 5.74) is 0.611. The van der Waals surface area contributed by atoms with Gasteiger partial charge in [0.1, 0.15) is 11.6 Å². The number of carbonyl (C=O) groups excluding carboxylic acids is 1. The third kappa shape index (κ3) is 2.98. The van der Waals surface area contributed by atoms with Gasteiger partial charge in [-0.1, -0.05) is 48.0 Å². The lowest BCUT2D eigenvalue weighted by Gasteiger charge is -2.24. The van der Waals surface area contributed by atoms with Gasteiger partial charge in [-0.25, -0.2) is 8.78 Å². The van der Waals surface area contributed by atoms with E-state index in [9.17, 15) is 13.6 Å². The molecule has 7 heteroatoms. The highest BCUT2D eigenvalue weighted by atomic mass is 19.1. The molecule has 0 unspecified atom stereocenters. The molecule has 5 nitrogen and oxygen atoms in total. The van der Waals surface area contributed by atoms with E-state index in [2.05, 4.69) is 5.16 Å². The minimum atomic E-state index is -0.570. The fourth-order valence-corrected chi connectivity index (χ4v) is 5.82. The normalized spacial score (nSPS) is 28.7. The molecule has 0 radical (unpaired) electrons. The van der Waals surface area contributed by atoms with Crippen molar-refractivity contribution in [3.05, 3.63) is 71.6 Å². The molecule has 2 aromatic carbocycles. The molecule has 1 aliphatic heterocycles. The zero-order chi connectivity index (χ0) is 21.9. The molecule has 32 heavy (non-hydrogen) atoms. The Morgan fingerprint density at radius 2 is 1.88 bits per heavy atom. The van der Waals surface area contributed by atoms with Crippen molar-refractivity contribution in [2.75, 3.05) is 13.1 Å². The first-order valence-electron chi connectivity index (χ1n) is 11.2. The van der Waals surface area contributed by atoms with Crippen molar-refractivity contribution >= 4 is 5.91 Å². The summed E-state index contributed by atoms with van der Waals surface area (Å²) in [4.78, 5) is 19.8. The number of benzene rings is 2. The van der Waals surface area contributed by atoms with Gasteiger partial charge in [-0.3, -0.25) is 4.79 Å². The lowest BCUT2D eigenvalue weighted by atomic mass is 9.80. The first kappa shape index (κ1) is 19.6. The minimum absolute atomic E-state index is 0.0192. The number of halogens is 2. The number of aromatic nitrogens is 2. The molecule has 0 spiro atoms. The van der Waals surface area contributed by atoms with Crippen molar-refractivity contribution in [2.24, 2.45) is 11.8 Å². The number of amides is 1. The summed E-state index contributed by atoms with van der Waals surface area (Å²) in [5.74, 6) is -0.483. The summed E-state index contributed by atoms with van der Waals surface area (Å²) in [6, 6.07) is 13.6. The van der Waals surface area contributed by atoms with Gasteiger partial charge in [0.05, 0.1) is 5.41 Å². The predicted molar refractivity (Wildman–Crippen MR) is 113 cm³/mol. The molecule has 2 saturated carbocycles. The SMILES string of the molecule is O=C([C@H]1C[C@@H]1c1c(F)cccc1F)N1C[C@H]2CCC[C@@]2(c2nc(-c3ccccc3)no2)C1. The van der Waals surface area contributed by atoms with Crippen LogP contribution in [0.3, 0.4) is 0 Å². The average Bonchev–Trinajstić information content (AvgIpc) is 3.13. The Kier molecular flexibility index (Phi) is 4.42. The monoisotopic (exact) mass is 435 g/mol. The summed E-state index contributed by atoms with van der Waals surface area (Å²) < 4.78 is 34.1. The van der Waals surface area contributed by atoms with Crippen LogP contribution in [0.15, 0.2) is 53.1 Å². The average molecular weight is 435 g/mol. The van der Waals surface area contributed by atoms with E-state index < -0.39 is 11.6 Å². The molecule has 0 bridgehead atoms. The van der Waals surface area contributed by atoms with E-state index in [0.717, 1.165) is 24.8 Å². The van der Waals surface area contributed by atoms with Crippen LogP contribution in [0.4, 0.5) is 8.78 Å². The van der Waals surface area contributed by atoms with Crippen LogP contribution in [-0.2, 0) is 10.2 Å². The van der Waals surface area contributed by atoms with Crippen LogP contribution < -0.4 is 0 Å². The van der Waals surface area contributed by atoms with Gasteiger partial charge >= 0.3 is 0 Å². The maximum atomic E-state index is 14.2. The van der Waals surface area contributed by atoms with E-state index in [-0.39, 0.29) is 34.6 Å². The number of hydrogen-bond donors (Lipinski definition) is 0. The number of rotatable bonds is 4. The Labute approximate surface area is 184 Å². The summed E-state index contributed by atoms with van der Waals surface area (Å²) in [6.45, 7) is 1.15. The highest BCUT2D eigenvalue weighted by Gasteiger charge is 2.58. The maximum absolute atomic E-state index is 14.2. The minimum Gasteiger partial charge on any atom is -0.341 e. The molecular formula is C25H23F2N3O2. The largest absolute Gasteiger partial charge is 0.341 e. The molecule has 1 aromatic heterocycles. The number of nitrogens with zero attached hydrogens (tertiary/aromatic N) is 3. The molecule has 164 valence electrons. The van der Waals surface area contributed by atoms with Gasteiger partial charge in [0.25, 0.3) is 0 Å². The molecule has 2 heterocycles. The second kappa shape index (κ2) is 7.22. The third-order valence-corrected chi connectivity index (χ3v) is 7.54. The molecule has 1 amide bonds. The Hall–Kier alpha value is -3.09. The number of fused-ring (bicyclic) bond motifs is 1. The standard InChI is InChI=1S/C25H23F2N3O2/c26-19-9-4-10-20(27)21(19)17-12-18(17)23(31)30-13-16-8-5-11-25(16,14-30)24-28-22(29-32-24)15-6-2-1-3-7-15/h1-4,6-7,9-10,16-18H,5,8,11-14H2/t16-,17+,18+,25-/m1/s1. The van der Waals surface area contributed by atoms with Gasteiger partial charge in [0.15, 0.2) is 0 Å². The predicted octanol–water partition coefficient (Wildman–Crippen LogP) is 4.70. The van der Waals surface area contributed by atoms with Crippen LogP contribution in [0.25, 0.3) is 11.4 Å². The van der Waals surface area contributed by atoms with Gasteiger partial charge in [-0.15, -0.1) is 0 Å². The third-order valence-electron chi connectivity index (χ3n) is 7.54. The number of likely N-dealkylation sites (tertiary alicyclic amines) is 1. The highest BCUT2D eigenvalue weighted by molar-refractivity contribution is 5.83. The summed E-state index contributed by atoms with van der Waals surface area (Å²) in [5, 5.41) is 4.20. The number of hydrogen-bond acceptors (Lipinski definition) is 4. The second-order valence-electron chi connectivity index (χ2n) is 9.34. The van der Waals surface area contributed by atoms with Crippen molar-refractivity contribution in [2.45, 2.75) is 37.0 Å². The molecule has 1 saturated heterocycles. The fraction of sp³-hybridized carbons (Fsp3) is 0.400. The van der Waals surface area contributed by atoms with Crippen LogP contribution >= 0.6 is 0 Å². The zero-order valence-electron chi connectivity index (χ0n) is 17.5. The zero-order valence-corrected chi connectivity index (χ0v) is 17.5. The fourth-order valence-electron chi connectivity index (χ4n) is 5.82. The van der Waals surface area contributed by atoms with Crippen LogP contribution in [-0.4, -0.2) is 34.0 Å². The molecule has 3 fully saturated rings. The molecule has 3 aliphatic rings. The van der Waals surface area contributed by atoms with Crippen LogP contribution in [0, 0.1) is 23.5 Å². The van der Waals surface area contributed by atoms with Crippen molar-refractivity contribution < 1.29 is 18.1 Å². The Balaban J connectivity index is 1.23. The van der Waals surface area contributed by atoms with Crippen molar-refractivity contribution in [1.29, 1.82) is 0 Å². The van der Waals surface area contributed by atoms with Gasteiger partial charge < -0.3 is 9.42 Å². The van der Waals surface area contributed by atoms with E-state index in [4.69, 9.17) is 9.51 Å². The van der Waals surface area contributed by atoms with Crippen molar-refractivity contribution in [3.63, 3.8) is 0 Å². The summed E-state index contributed by atoms with van der Waals surface area (Å²) in [6.07, 6.45) is 3.45. The summed E-state index contributed by atoms with van der Waals surface area (Å²) in [7, 11) is 0. The lowest BCUT2D eigenvalue weighted by Crippen LogP contribution is -2.35. The second-order valence-corrected chi connectivity index (χ2v) is 9.34. The molecule has 4 atom stereocenters. The van der Waals surface area contributed by atoms with E-state index in [0.29, 0.717) is 31.2 Å². The van der Waals surface area contributed by atoms with E-state index >= 15 is 0 Å². The first-order chi connectivity index (χ1) is 15.6. The highest BCUT2D eigenvalue weighted by Crippen LogP contribution is 2.54. The molecule has 3 aromatic rings. The molecule has 0 N–H and O–H groups in total. The van der Waals surface area contributed by atoms with Crippen molar-refractivity contribution in [3.8, 4) is 11.4 Å². The van der Waals surface area contributed by atoms with Crippen LogP contribution in [0.1, 0.15) is 43.1 Å². The Morgan fingerprint density at radius 3 is 2.66 bits per heavy atom. The number of carbonyl (C=O) groups is 1. The molecule has 6 rings (SSSR count). The van der Waals surface area contributed by atoms with Crippen LogP contribution in [0.5, 0.6) is 0 Å². The van der Waals surface area contributed by atoms with Gasteiger partial charge in [-0.2, -0.15) is 4.98 Å². The van der Waals surface area contributed by atoms with Gasteiger partial charge in [-0.05, 0) is 37.3 Å². The quantitative estimate of drug-likeness (QED) is 0.596. The lowest BCUT2D eigenvalue weighted by molar-refractivity contribution is -0.132. The first-order valence-corrected chi connectivity index (χ1v) is 11.2. The van der Waals surface area contributed by atoms with Gasteiger partial charge in [0, 0.05) is 36.1 Å². The Bertz CT molecular complexity index is 1160. The smallest absolute Gasteiger partial charge is 0.235 e. The van der Waals surface area contributed by atoms with E-state index in [1.165, 1.54) is 18.2 Å². The maximum Gasteiger partial charge on any atom is 0.235 e. The van der Waals surface area contributed by atoms with E-state index in [1.807, 2.05) is 35.2 Å². The Morgan fingerprint density at radius 1 is 1.09 bits per heavy atom. The molecular weight excluding hydrogens is 412 g/mol. The van der Waals surface area contributed by atoms with E-state index in [1.54, 1.807) is 0 Å².